The Morgan fingerprint density at radius 1 is 1.41 bits per heavy atom. The van der Waals surface area contributed by atoms with Crippen molar-refractivity contribution in [3.05, 3.63) is 17.7 Å². The first-order valence-electron chi connectivity index (χ1n) is 5.27. The SMILES string of the molecule is CC(CN)c1ccc2c(c1S(C)(=O)=O)OCO2. The Labute approximate surface area is 100 Å². The predicted octanol–water partition coefficient (Wildman–Crippen LogP) is 0.881. The fourth-order valence-electron chi connectivity index (χ4n) is 1.86. The first-order valence-corrected chi connectivity index (χ1v) is 7.17. The van der Waals surface area contributed by atoms with Gasteiger partial charge in [-0.15, -0.1) is 0 Å². The summed E-state index contributed by atoms with van der Waals surface area (Å²) in [5.41, 5.74) is 6.27. The van der Waals surface area contributed by atoms with E-state index in [1.165, 1.54) is 0 Å². The van der Waals surface area contributed by atoms with E-state index in [0.717, 1.165) is 6.26 Å². The summed E-state index contributed by atoms with van der Waals surface area (Å²) in [4.78, 5) is 0.199. The van der Waals surface area contributed by atoms with Crippen LogP contribution in [0.25, 0.3) is 0 Å². The maximum Gasteiger partial charge on any atom is 0.231 e. The molecule has 17 heavy (non-hydrogen) atoms. The van der Waals surface area contributed by atoms with Gasteiger partial charge in [0.1, 0.15) is 4.90 Å². The Morgan fingerprint density at radius 3 is 2.71 bits per heavy atom. The summed E-state index contributed by atoms with van der Waals surface area (Å²) in [6, 6.07) is 3.46. The third-order valence-electron chi connectivity index (χ3n) is 2.78. The van der Waals surface area contributed by atoms with E-state index >= 15 is 0 Å². The van der Waals surface area contributed by atoms with Crippen molar-refractivity contribution < 1.29 is 17.9 Å². The van der Waals surface area contributed by atoms with Gasteiger partial charge < -0.3 is 15.2 Å². The number of hydrogen-bond acceptors (Lipinski definition) is 5. The van der Waals surface area contributed by atoms with Crippen LogP contribution in [0.5, 0.6) is 11.5 Å². The molecule has 1 aliphatic heterocycles. The van der Waals surface area contributed by atoms with Gasteiger partial charge in [-0.2, -0.15) is 0 Å². The van der Waals surface area contributed by atoms with Crippen LogP contribution in [0.2, 0.25) is 0 Å². The van der Waals surface area contributed by atoms with Crippen LogP contribution in [0.15, 0.2) is 17.0 Å². The molecule has 6 heteroatoms. The first kappa shape index (κ1) is 12.2. The highest BCUT2D eigenvalue weighted by atomic mass is 32.2. The number of rotatable bonds is 3. The second-order valence-corrected chi connectivity index (χ2v) is 6.08. The van der Waals surface area contributed by atoms with Crippen molar-refractivity contribution in [1.82, 2.24) is 0 Å². The van der Waals surface area contributed by atoms with Crippen LogP contribution >= 0.6 is 0 Å². The zero-order chi connectivity index (χ0) is 12.6. The first-order chi connectivity index (χ1) is 7.95. The Hall–Kier alpha value is -1.27. The standard InChI is InChI=1S/C11H15NO4S/c1-7(5-12)8-3-4-9-10(16-6-15-9)11(8)17(2,13)14/h3-4,7H,5-6,12H2,1-2H3. The number of sulfone groups is 1. The van der Waals surface area contributed by atoms with Crippen molar-refractivity contribution in [2.24, 2.45) is 5.73 Å². The molecule has 0 spiro atoms. The fourth-order valence-corrected chi connectivity index (χ4v) is 3.05. The van der Waals surface area contributed by atoms with Gasteiger partial charge in [0.05, 0.1) is 0 Å². The second kappa shape index (κ2) is 4.19. The number of hydrogen-bond donors (Lipinski definition) is 1. The molecule has 2 rings (SSSR count). The van der Waals surface area contributed by atoms with E-state index in [1.54, 1.807) is 12.1 Å². The molecule has 94 valence electrons. The van der Waals surface area contributed by atoms with Crippen LogP contribution in [0.1, 0.15) is 18.4 Å². The van der Waals surface area contributed by atoms with Crippen LogP contribution in [-0.4, -0.2) is 28.0 Å². The maximum atomic E-state index is 11.9. The monoisotopic (exact) mass is 257 g/mol. The summed E-state index contributed by atoms with van der Waals surface area (Å²) in [6.07, 6.45) is 1.16. The van der Waals surface area contributed by atoms with Crippen molar-refractivity contribution in [2.75, 3.05) is 19.6 Å². The van der Waals surface area contributed by atoms with Crippen molar-refractivity contribution >= 4 is 9.84 Å². The van der Waals surface area contributed by atoms with Gasteiger partial charge in [-0.05, 0) is 24.1 Å². The largest absolute Gasteiger partial charge is 0.454 e. The second-order valence-electron chi connectivity index (χ2n) is 4.13. The Morgan fingerprint density at radius 2 is 2.12 bits per heavy atom. The third-order valence-corrected chi connectivity index (χ3v) is 3.94. The average Bonchev–Trinajstić information content (AvgIpc) is 2.72. The fraction of sp³-hybridized carbons (Fsp3) is 0.455. The summed E-state index contributed by atoms with van der Waals surface area (Å²) < 4.78 is 34.1. The summed E-state index contributed by atoms with van der Waals surface area (Å²) in [5.74, 6) is 0.734. The zero-order valence-electron chi connectivity index (χ0n) is 9.76. The van der Waals surface area contributed by atoms with E-state index in [2.05, 4.69) is 0 Å². The minimum absolute atomic E-state index is 0.0470. The van der Waals surface area contributed by atoms with Gasteiger partial charge in [0.15, 0.2) is 21.3 Å². The molecule has 0 saturated carbocycles. The molecular weight excluding hydrogens is 242 g/mol. The summed E-state index contributed by atoms with van der Waals surface area (Å²) in [5, 5.41) is 0. The van der Waals surface area contributed by atoms with Gasteiger partial charge in [-0.3, -0.25) is 0 Å². The van der Waals surface area contributed by atoms with E-state index in [1.807, 2.05) is 6.92 Å². The van der Waals surface area contributed by atoms with Crippen LogP contribution < -0.4 is 15.2 Å². The number of ether oxygens (including phenoxy) is 2. The van der Waals surface area contributed by atoms with Gasteiger partial charge in [0, 0.05) is 6.26 Å². The molecule has 0 amide bonds. The lowest BCUT2D eigenvalue weighted by molar-refractivity contribution is 0.172. The number of nitrogens with two attached hydrogens (primary N) is 1. The van der Waals surface area contributed by atoms with Gasteiger partial charge in [0.25, 0.3) is 0 Å². The predicted molar refractivity (Wildman–Crippen MR) is 63.1 cm³/mol. The Bertz CT molecular complexity index is 539. The molecule has 0 saturated heterocycles. The van der Waals surface area contributed by atoms with Crippen molar-refractivity contribution in [1.29, 1.82) is 0 Å². The molecule has 1 aromatic carbocycles. The van der Waals surface area contributed by atoms with Gasteiger partial charge in [-0.25, -0.2) is 8.42 Å². The molecule has 1 aromatic rings. The molecule has 0 aliphatic carbocycles. The Balaban J connectivity index is 2.70. The summed E-state index contributed by atoms with van der Waals surface area (Å²) in [6.45, 7) is 2.31. The van der Waals surface area contributed by atoms with E-state index in [-0.39, 0.29) is 17.6 Å². The van der Waals surface area contributed by atoms with E-state index in [4.69, 9.17) is 15.2 Å². The average molecular weight is 257 g/mol. The maximum absolute atomic E-state index is 11.9. The molecule has 5 nitrogen and oxygen atoms in total. The van der Waals surface area contributed by atoms with E-state index in [0.29, 0.717) is 23.6 Å². The minimum atomic E-state index is -3.37. The molecule has 1 heterocycles. The van der Waals surface area contributed by atoms with E-state index in [9.17, 15) is 8.42 Å². The van der Waals surface area contributed by atoms with Crippen LogP contribution in [0.4, 0.5) is 0 Å². The smallest absolute Gasteiger partial charge is 0.231 e. The lowest BCUT2D eigenvalue weighted by atomic mass is 10.0. The van der Waals surface area contributed by atoms with Crippen molar-refractivity contribution in [3.8, 4) is 11.5 Å². The van der Waals surface area contributed by atoms with Crippen LogP contribution in [-0.2, 0) is 9.84 Å². The van der Waals surface area contributed by atoms with Crippen molar-refractivity contribution in [3.63, 3.8) is 0 Å². The lowest BCUT2D eigenvalue weighted by Crippen LogP contribution is -2.13. The normalized spacial score (nSPS) is 15.9. The molecule has 0 aromatic heterocycles. The molecule has 1 aliphatic rings. The molecule has 0 fully saturated rings. The molecule has 1 unspecified atom stereocenters. The van der Waals surface area contributed by atoms with Crippen LogP contribution in [0, 0.1) is 0 Å². The highest BCUT2D eigenvalue weighted by Crippen LogP contribution is 2.42. The topological polar surface area (TPSA) is 78.6 Å². The summed E-state index contributed by atoms with van der Waals surface area (Å²) in [7, 11) is -3.37. The number of fused-ring (bicyclic) bond motifs is 1. The van der Waals surface area contributed by atoms with Gasteiger partial charge >= 0.3 is 0 Å². The highest BCUT2D eigenvalue weighted by Gasteiger charge is 2.28. The lowest BCUT2D eigenvalue weighted by Gasteiger charge is -2.15. The van der Waals surface area contributed by atoms with Crippen LogP contribution in [0.3, 0.4) is 0 Å². The third kappa shape index (κ3) is 2.10. The minimum Gasteiger partial charge on any atom is -0.454 e. The van der Waals surface area contributed by atoms with E-state index < -0.39 is 9.84 Å². The summed E-state index contributed by atoms with van der Waals surface area (Å²) >= 11 is 0. The quantitative estimate of drug-likeness (QED) is 0.869. The highest BCUT2D eigenvalue weighted by molar-refractivity contribution is 7.90. The molecule has 2 N–H and O–H groups in total. The number of benzene rings is 1. The molecule has 0 radical (unpaired) electrons. The van der Waals surface area contributed by atoms with Crippen molar-refractivity contribution in [2.45, 2.75) is 17.7 Å². The zero-order valence-corrected chi connectivity index (χ0v) is 10.6. The molecular formula is C11H15NO4S. The molecule has 0 bridgehead atoms. The molecule has 1 atom stereocenters. The van der Waals surface area contributed by atoms with Gasteiger partial charge in [0.2, 0.25) is 6.79 Å². The van der Waals surface area contributed by atoms with Gasteiger partial charge in [-0.1, -0.05) is 13.0 Å². The Kier molecular flexibility index (Phi) is 3.01.